The Balaban J connectivity index is 1.59. The molecule has 4 rings (SSSR count). The van der Waals surface area contributed by atoms with Gasteiger partial charge in [0.15, 0.2) is 0 Å². The zero-order valence-electron chi connectivity index (χ0n) is 27.7. The van der Waals surface area contributed by atoms with Crippen molar-refractivity contribution < 1.29 is 48.4 Å². The van der Waals surface area contributed by atoms with Crippen LogP contribution in [-0.2, 0) is 19.1 Å². The van der Waals surface area contributed by atoms with Gasteiger partial charge in [-0.15, -0.1) is 0 Å². The molecule has 2 aromatic rings. The van der Waals surface area contributed by atoms with Crippen molar-refractivity contribution >= 4 is 40.7 Å². The average molecular weight is 672 g/mol. The van der Waals surface area contributed by atoms with Crippen molar-refractivity contribution in [2.45, 2.75) is 64.5 Å². The fourth-order valence-corrected chi connectivity index (χ4v) is 5.67. The fraction of sp³-hybridized carbons (Fsp3) is 0.576. The van der Waals surface area contributed by atoms with Gasteiger partial charge in [-0.3, -0.25) is 14.4 Å². The van der Waals surface area contributed by atoms with Gasteiger partial charge in [0.25, 0.3) is 5.91 Å². The Morgan fingerprint density at radius 2 is 1.69 bits per heavy atom. The number of fused-ring (bicyclic) bond motifs is 1. The Kier molecular flexibility index (Phi) is 12.4. The molecule has 2 aliphatic rings. The first-order valence-electron chi connectivity index (χ1n) is 16.5. The third-order valence-corrected chi connectivity index (χ3v) is 8.77. The predicted octanol–water partition coefficient (Wildman–Crippen LogP) is 2.61. The number of hydrogen-bond acceptors (Lipinski definition) is 10. The molecular formula is C33H45N5O10. The third kappa shape index (κ3) is 8.82. The maximum absolute atomic E-state index is 13.7. The van der Waals surface area contributed by atoms with Gasteiger partial charge in [-0.1, -0.05) is 13.8 Å². The highest BCUT2D eigenvalue weighted by Crippen LogP contribution is 2.40. The van der Waals surface area contributed by atoms with Gasteiger partial charge in [0.05, 0.1) is 12.1 Å². The third-order valence-electron chi connectivity index (χ3n) is 8.77. The molecule has 1 aliphatic carbocycles. The van der Waals surface area contributed by atoms with Crippen molar-refractivity contribution in [3.05, 3.63) is 30.0 Å². The number of piperazine rings is 1. The normalized spacial score (nSPS) is 16.2. The maximum Gasteiger partial charge on any atom is 0.409 e. The molecule has 1 aromatic carbocycles. The van der Waals surface area contributed by atoms with Gasteiger partial charge in [0, 0.05) is 56.7 Å². The molecular weight excluding hydrogens is 626 g/mol. The molecule has 262 valence electrons. The van der Waals surface area contributed by atoms with E-state index in [0.717, 1.165) is 13.1 Å². The minimum Gasteiger partial charge on any atom is -0.492 e. The number of likely N-dealkylation sites (N-methyl/N-ethyl adjacent to an activating group) is 1. The van der Waals surface area contributed by atoms with E-state index < -0.39 is 41.5 Å². The summed E-state index contributed by atoms with van der Waals surface area (Å²) < 4.78 is 17.1. The topological polar surface area (TPSA) is 188 Å². The number of carboxylic acid groups (broad SMARTS) is 2. The van der Waals surface area contributed by atoms with Crippen LogP contribution in [0.25, 0.3) is 10.9 Å². The molecule has 2 heterocycles. The van der Waals surface area contributed by atoms with Gasteiger partial charge in [0.1, 0.15) is 29.8 Å². The Morgan fingerprint density at radius 3 is 2.27 bits per heavy atom. The monoisotopic (exact) mass is 671 g/mol. The molecule has 1 aromatic heterocycles. The number of rotatable bonds is 16. The summed E-state index contributed by atoms with van der Waals surface area (Å²) in [5, 5.41) is 22.4. The predicted molar refractivity (Wildman–Crippen MR) is 173 cm³/mol. The Bertz CT molecular complexity index is 1480. The number of hydrogen-bond donors (Lipinski definition) is 3. The lowest BCUT2D eigenvalue weighted by molar-refractivity contribution is -0.163. The van der Waals surface area contributed by atoms with Crippen molar-refractivity contribution in [2.75, 3.05) is 59.0 Å². The van der Waals surface area contributed by atoms with E-state index in [-0.39, 0.29) is 57.1 Å². The molecule has 3 N–H and O–H groups in total. The van der Waals surface area contributed by atoms with Crippen LogP contribution in [0.2, 0.25) is 0 Å². The number of carboxylic acids is 2. The lowest BCUT2D eigenvalue weighted by Crippen LogP contribution is -2.56. The number of aromatic nitrogens is 1. The van der Waals surface area contributed by atoms with Crippen LogP contribution in [0.1, 0.15) is 63.4 Å². The first kappa shape index (κ1) is 36.2. The summed E-state index contributed by atoms with van der Waals surface area (Å²) in [6, 6.07) is 5.23. The second-order valence-electron chi connectivity index (χ2n) is 11.8. The molecule has 1 saturated carbocycles. The smallest absolute Gasteiger partial charge is 0.409 e. The van der Waals surface area contributed by atoms with Crippen molar-refractivity contribution in [3.63, 3.8) is 0 Å². The number of aliphatic carboxylic acids is 2. The molecule has 1 unspecified atom stereocenters. The largest absolute Gasteiger partial charge is 0.492 e. The van der Waals surface area contributed by atoms with Crippen LogP contribution in [-0.4, -0.2) is 130 Å². The standard InChI is InChI=1S/C33H45N5O10/c1-4-36(5-2)18-19-47-22-8-9-23-25(20-22)34-26(21-27(23)48-33(31(43)44)12-7-13-33)29(41)35-24(10-11-28(39)40)30(42)37-14-16-38(17-15-37)32(45)46-6-3/h8-9,20-21,24H,4-7,10-19H2,1-3H3,(H,35,41)(H,39,40)(H,43,44). The molecule has 0 radical (unpaired) electrons. The van der Waals surface area contributed by atoms with E-state index in [1.54, 1.807) is 25.1 Å². The van der Waals surface area contributed by atoms with Gasteiger partial charge in [-0.2, -0.15) is 0 Å². The highest BCUT2D eigenvalue weighted by atomic mass is 16.6. The zero-order chi connectivity index (χ0) is 34.8. The number of pyridine rings is 1. The van der Waals surface area contributed by atoms with Crippen LogP contribution in [0.4, 0.5) is 4.79 Å². The number of ether oxygens (including phenoxy) is 3. The van der Waals surface area contributed by atoms with Gasteiger partial charge < -0.3 is 44.4 Å². The number of nitrogens with zero attached hydrogens (tertiary/aromatic N) is 4. The molecule has 1 atom stereocenters. The van der Waals surface area contributed by atoms with Gasteiger partial charge in [-0.05, 0) is 57.8 Å². The van der Waals surface area contributed by atoms with E-state index in [9.17, 15) is 34.2 Å². The summed E-state index contributed by atoms with van der Waals surface area (Å²) in [6.45, 7) is 9.74. The first-order chi connectivity index (χ1) is 23.0. The minimum absolute atomic E-state index is 0.141. The van der Waals surface area contributed by atoms with E-state index in [1.807, 2.05) is 0 Å². The van der Waals surface area contributed by atoms with E-state index in [1.165, 1.54) is 15.9 Å². The number of amides is 3. The summed E-state index contributed by atoms with van der Waals surface area (Å²) in [5.74, 6) is -2.86. The lowest BCUT2D eigenvalue weighted by atomic mass is 9.80. The Morgan fingerprint density at radius 1 is 1.00 bits per heavy atom. The summed E-state index contributed by atoms with van der Waals surface area (Å²) in [6.07, 6.45) is 0.236. The molecule has 1 saturated heterocycles. The quantitative estimate of drug-likeness (QED) is 0.237. The SMILES string of the molecule is CCOC(=O)N1CCN(C(=O)C(CCC(=O)O)NC(=O)c2cc(OC3(C(=O)O)CCC3)c3ccc(OCCN(CC)CC)cc3n2)CC1. The molecule has 3 amide bonds. The summed E-state index contributed by atoms with van der Waals surface area (Å²) in [5.41, 5.74) is -1.26. The molecule has 2 fully saturated rings. The van der Waals surface area contributed by atoms with Gasteiger partial charge in [-0.25, -0.2) is 14.6 Å². The number of nitrogens with one attached hydrogen (secondary N) is 1. The number of carbonyl (C=O) groups excluding carboxylic acids is 3. The van der Waals surface area contributed by atoms with Crippen molar-refractivity contribution in [2.24, 2.45) is 0 Å². The van der Waals surface area contributed by atoms with Crippen LogP contribution in [0.5, 0.6) is 11.5 Å². The van der Waals surface area contributed by atoms with Crippen LogP contribution in [0.3, 0.4) is 0 Å². The Hall–Kier alpha value is -4.66. The van der Waals surface area contributed by atoms with Crippen molar-refractivity contribution in [1.82, 2.24) is 25.0 Å². The highest BCUT2D eigenvalue weighted by molar-refractivity contribution is 6.00. The average Bonchev–Trinajstić information content (AvgIpc) is 3.05. The van der Waals surface area contributed by atoms with E-state index in [0.29, 0.717) is 49.1 Å². The molecule has 0 spiro atoms. The molecule has 0 bridgehead atoms. The van der Waals surface area contributed by atoms with Crippen LogP contribution < -0.4 is 14.8 Å². The second-order valence-corrected chi connectivity index (χ2v) is 11.8. The number of carbonyl (C=O) groups is 5. The fourth-order valence-electron chi connectivity index (χ4n) is 5.67. The molecule has 15 heteroatoms. The minimum atomic E-state index is -1.44. The summed E-state index contributed by atoms with van der Waals surface area (Å²) >= 11 is 0. The summed E-state index contributed by atoms with van der Waals surface area (Å²) in [4.78, 5) is 72.7. The molecule has 48 heavy (non-hydrogen) atoms. The number of benzene rings is 1. The van der Waals surface area contributed by atoms with E-state index in [2.05, 4.69) is 29.0 Å². The van der Waals surface area contributed by atoms with E-state index >= 15 is 0 Å². The lowest BCUT2D eigenvalue weighted by Gasteiger charge is -2.38. The van der Waals surface area contributed by atoms with Crippen LogP contribution in [0, 0.1) is 0 Å². The highest BCUT2D eigenvalue weighted by Gasteiger charge is 2.47. The maximum atomic E-state index is 13.7. The van der Waals surface area contributed by atoms with Crippen molar-refractivity contribution in [1.29, 1.82) is 0 Å². The summed E-state index contributed by atoms with van der Waals surface area (Å²) in [7, 11) is 0. The van der Waals surface area contributed by atoms with Gasteiger partial charge >= 0.3 is 18.0 Å². The van der Waals surface area contributed by atoms with Crippen LogP contribution >= 0.6 is 0 Å². The molecule has 1 aliphatic heterocycles. The van der Waals surface area contributed by atoms with E-state index in [4.69, 9.17) is 14.2 Å². The second kappa shape index (κ2) is 16.4. The molecule has 15 nitrogen and oxygen atoms in total. The van der Waals surface area contributed by atoms with Gasteiger partial charge in [0.2, 0.25) is 11.5 Å². The Labute approximate surface area is 279 Å². The van der Waals surface area contributed by atoms with Crippen molar-refractivity contribution in [3.8, 4) is 11.5 Å². The first-order valence-corrected chi connectivity index (χ1v) is 16.5. The van der Waals surface area contributed by atoms with Crippen LogP contribution in [0.15, 0.2) is 24.3 Å². The zero-order valence-corrected chi connectivity index (χ0v) is 27.7.